The number of hydrogen-bond donors (Lipinski definition) is 1. The molecule has 0 spiro atoms. The van der Waals surface area contributed by atoms with Crippen molar-refractivity contribution >= 4 is 11.8 Å². The number of thioether (sulfide) groups is 1. The van der Waals surface area contributed by atoms with Crippen molar-refractivity contribution in [3.8, 4) is 0 Å². The molecule has 0 radical (unpaired) electrons. The first-order valence-electron chi connectivity index (χ1n) is 7.15. The second-order valence-corrected chi connectivity index (χ2v) is 8.22. The van der Waals surface area contributed by atoms with Gasteiger partial charge in [0.05, 0.1) is 5.75 Å². The number of rotatable bonds is 4. The molecule has 2 unspecified atom stereocenters. The summed E-state index contributed by atoms with van der Waals surface area (Å²) in [4.78, 5) is 4.49. The van der Waals surface area contributed by atoms with E-state index in [0.29, 0.717) is 12.0 Å². The number of nitrogens with two attached hydrogens (primary N) is 1. The van der Waals surface area contributed by atoms with Crippen LogP contribution in [0.1, 0.15) is 58.2 Å². The molecule has 1 heterocycles. The van der Waals surface area contributed by atoms with Crippen LogP contribution in [-0.4, -0.2) is 20.9 Å². The summed E-state index contributed by atoms with van der Waals surface area (Å²) in [6.07, 6.45) is 5.70. The Hall–Kier alpha value is -0.550. The van der Waals surface area contributed by atoms with Crippen LogP contribution in [0, 0.1) is 5.92 Å². The molecular formula is C14H25N3OS. The maximum absolute atomic E-state index is 6.16. The van der Waals surface area contributed by atoms with Crippen molar-refractivity contribution in [2.45, 2.75) is 69.4 Å². The Morgan fingerprint density at radius 2 is 2.05 bits per heavy atom. The Labute approximate surface area is 119 Å². The minimum Gasteiger partial charge on any atom is -0.339 e. The molecule has 1 aliphatic rings. The zero-order valence-corrected chi connectivity index (χ0v) is 13.0. The van der Waals surface area contributed by atoms with Crippen LogP contribution in [-0.2, 0) is 12.2 Å². The molecule has 19 heavy (non-hydrogen) atoms. The van der Waals surface area contributed by atoms with E-state index in [0.717, 1.165) is 30.3 Å². The van der Waals surface area contributed by atoms with Crippen molar-refractivity contribution in [2.24, 2.45) is 11.7 Å². The highest BCUT2D eigenvalue weighted by molar-refractivity contribution is 7.99. The molecule has 2 N–H and O–H groups in total. The topological polar surface area (TPSA) is 64.9 Å². The van der Waals surface area contributed by atoms with Crippen molar-refractivity contribution in [3.63, 3.8) is 0 Å². The molecule has 0 amide bonds. The molecule has 1 aliphatic carbocycles. The second kappa shape index (κ2) is 6.27. The third-order valence-corrected chi connectivity index (χ3v) is 4.82. The fourth-order valence-electron chi connectivity index (χ4n) is 2.43. The van der Waals surface area contributed by atoms with Gasteiger partial charge in [0.15, 0.2) is 5.82 Å². The van der Waals surface area contributed by atoms with Gasteiger partial charge in [-0.2, -0.15) is 4.98 Å². The van der Waals surface area contributed by atoms with E-state index in [4.69, 9.17) is 10.3 Å². The molecule has 4 nitrogen and oxygen atoms in total. The quantitative estimate of drug-likeness (QED) is 0.919. The fourth-order valence-corrected chi connectivity index (χ4v) is 3.11. The van der Waals surface area contributed by atoms with Gasteiger partial charge in [-0.3, -0.25) is 0 Å². The van der Waals surface area contributed by atoms with Crippen LogP contribution in [0.5, 0.6) is 0 Å². The Kier molecular flexibility index (Phi) is 4.90. The smallest absolute Gasteiger partial charge is 0.227 e. The normalized spacial score (nSPS) is 24.6. The Balaban J connectivity index is 1.86. The van der Waals surface area contributed by atoms with Crippen molar-refractivity contribution in [1.82, 2.24) is 10.1 Å². The first kappa shape index (κ1) is 14.9. The standard InChI is InChI=1S/C14H25N3OS/c1-14(2,3)19-9-12-16-13(18-17-12)8-10-6-4-5-7-11(10)15/h10-11H,4-9,15H2,1-3H3. The van der Waals surface area contributed by atoms with Crippen LogP contribution < -0.4 is 5.73 Å². The van der Waals surface area contributed by atoms with Gasteiger partial charge in [-0.1, -0.05) is 38.8 Å². The van der Waals surface area contributed by atoms with Crippen molar-refractivity contribution in [2.75, 3.05) is 0 Å². The minimum absolute atomic E-state index is 0.229. The van der Waals surface area contributed by atoms with E-state index in [1.165, 1.54) is 19.3 Å². The van der Waals surface area contributed by atoms with Gasteiger partial charge < -0.3 is 10.3 Å². The van der Waals surface area contributed by atoms with E-state index >= 15 is 0 Å². The lowest BCUT2D eigenvalue weighted by Gasteiger charge is -2.27. The summed E-state index contributed by atoms with van der Waals surface area (Å²) in [5, 5.41) is 4.06. The summed E-state index contributed by atoms with van der Waals surface area (Å²) < 4.78 is 5.58. The summed E-state index contributed by atoms with van der Waals surface area (Å²) in [5.74, 6) is 2.88. The largest absolute Gasteiger partial charge is 0.339 e. The Morgan fingerprint density at radius 1 is 1.32 bits per heavy atom. The third kappa shape index (κ3) is 4.80. The zero-order chi connectivity index (χ0) is 13.9. The average molecular weight is 283 g/mol. The number of aromatic nitrogens is 2. The first-order valence-corrected chi connectivity index (χ1v) is 8.13. The third-order valence-electron chi connectivity index (χ3n) is 3.55. The number of hydrogen-bond acceptors (Lipinski definition) is 5. The van der Waals surface area contributed by atoms with Crippen LogP contribution in [0.15, 0.2) is 4.52 Å². The molecule has 0 aromatic carbocycles. The predicted molar refractivity (Wildman–Crippen MR) is 79.0 cm³/mol. The van der Waals surface area contributed by atoms with Gasteiger partial charge >= 0.3 is 0 Å². The zero-order valence-electron chi connectivity index (χ0n) is 12.2. The van der Waals surface area contributed by atoms with Crippen molar-refractivity contribution < 1.29 is 4.52 Å². The molecule has 2 atom stereocenters. The molecule has 5 heteroatoms. The molecule has 1 aromatic heterocycles. The lowest BCUT2D eigenvalue weighted by atomic mass is 9.83. The molecule has 1 aromatic rings. The lowest BCUT2D eigenvalue weighted by Crippen LogP contribution is -2.34. The van der Waals surface area contributed by atoms with E-state index < -0.39 is 0 Å². The van der Waals surface area contributed by atoms with Crippen LogP contribution in [0.2, 0.25) is 0 Å². The summed E-state index contributed by atoms with van der Waals surface area (Å²) in [5.41, 5.74) is 6.16. The predicted octanol–water partition coefficient (Wildman–Crippen LogP) is 3.16. The van der Waals surface area contributed by atoms with Crippen LogP contribution in [0.3, 0.4) is 0 Å². The van der Waals surface area contributed by atoms with Crippen LogP contribution in [0.25, 0.3) is 0 Å². The van der Waals surface area contributed by atoms with E-state index in [-0.39, 0.29) is 4.75 Å². The molecule has 0 bridgehead atoms. The summed E-state index contributed by atoms with van der Waals surface area (Å²) in [7, 11) is 0. The molecule has 1 fully saturated rings. The van der Waals surface area contributed by atoms with Gasteiger partial charge in [0.2, 0.25) is 5.89 Å². The molecular weight excluding hydrogens is 258 g/mol. The summed E-state index contributed by atoms with van der Waals surface area (Å²) in [6.45, 7) is 6.58. The Bertz CT molecular complexity index is 400. The van der Waals surface area contributed by atoms with E-state index in [2.05, 4.69) is 30.9 Å². The second-order valence-electron chi connectivity index (χ2n) is 6.42. The monoisotopic (exact) mass is 283 g/mol. The van der Waals surface area contributed by atoms with Gasteiger partial charge in [-0.25, -0.2) is 0 Å². The van der Waals surface area contributed by atoms with Gasteiger partial charge in [-0.15, -0.1) is 11.8 Å². The SMILES string of the molecule is CC(C)(C)SCc1noc(CC2CCCCC2N)n1. The summed E-state index contributed by atoms with van der Waals surface area (Å²) in [6, 6.07) is 0.299. The van der Waals surface area contributed by atoms with E-state index in [1.54, 1.807) is 0 Å². The molecule has 2 rings (SSSR count). The minimum atomic E-state index is 0.229. The molecule has 0 aliphatic heterocycles. The lowest BCUT2D eigenvalue weighted by molar-refractivity contribution is 0.273. The van der Waals surface area contributed by atoms with Crippen molar-refractivity contribution in [3.05, 3.63) is 11.7 Å². The Morgan fingerprint density at radius 3 is 2.74 bits per heavy atom. The van der Waals surface area contributed by atoms with Crippen LogP contribution in [0.4, 0.5) is 0 Å². The van der Waals surface area contributed by atoms with Crippen molar-refractivity contribution in [1.29, 1.82) is 0 Å². The highest BCUT2D eigenvalue weighted by Crippen LogP contribution is 2.28. The maximum Gasteiger partial charge on any atom is 0.227 e. The van der Waals surface area contributed by atoms with E-state index in [9.17, 15) is 0 Å². The maximum atomic E-state index is 6.16. The molecule has 0 saturated heterocycles. The highest BCUT2D eigenvalue weighted by Gasteiger charge is 2.24. The number of nitrogens with zero attached hydrogens (tertiary/aromatic N) is 2. The van der Waals surface area contributed by atoms with Gasteiger partial charge in [0, 0.05) is 17.2 Å². The van der Waals surface area contributed by atoms with Gasteiger partial charge in [0.25, 0.3) is 0 Å². The first-order chi connectivity index (χ1) is 8.94. The summed E-state index contributed by atoms with van der Waals surface area (Å²) >= 11 is 1.84. The van der Waals surface area contributed by atoms with E-state index in [1.807, 2.05) is 11.8 Å². The van der Waals surface area contributed by atoms with Crippen LogP contribution >= 0.6 is 11.8 Å². The molecule has 108 valence electrons. The van der Waals surface area contributed by atoms with Gasteiger partial charge in [-0.05, 0) is 18.8 Å². The van der Waals surface area contributed by atoms with Gasteiger partial charge in [0.1, 0.15) is 0 Å². The molecule has 1 saturated carbocycles. The highest BCUT2D eigenvalue weighted by atomic mass is 32.2. The fraction of sp³-hybridized carbons (Fsp3) is 0.857. The average Bonchev–Trinajstić information content (AvgIpc) is 2.77.